The van der Waals surface area contributed by atoms with Crippen LogP contribution < -0.4 is 5.73 Å². The minimum Gasteiger partial charge on any atom is -0.390 e. The van der Waals surface area contributed by atoms with E-state index in [1.54, 1.807) is 0 Å². The van der Waals surface area contributed by atoms with Crippen LogP contribution >= 0.6 is 0 Å². The van der Waals surface area contributed by atoms with Gasteiger partial charge in [-0.1, -0.05) is 181 Å². The predicted octanol–water partition coefficient (Wildman–Crippen LogP) is 9.32. The van der Waals surface area contributed by atoms with E-state index in [4.69, 9.17) is 5.73 Å². The number of hydrogen-bond acceptors (Lipinski definition) is 5. The van der Waals surface area contributed by atoms with Gasteiger partial charge in [0.05, 0.1) is 18.2 Å². The van der Waals surface area contributed by atoms with Crippen LogP contribution in [-0.2, 0) is 4.79 Å². The van der Waals surface area contributed by atoms with E-state index < -0.39 is 24.4 Å². The zero-order valence-corrected chi connectivity index (χ0v) is 27.6. The Kier molecular flexibility index (Phi) is 30.6. The molecule has 0 saturated heterocycles. The maximum Gasteiger partial charge on any atom is 0.162 e. The lowest BCUT2D eigenvalue weighted by Crippen LogP contribution is -2.52. The number of nitrogens with two attached hydrogens (primary N) is 1. The van der Waals surface area contributed by atoms with Crippen molar-refractivity contribution in [3.63, 3.8) is 0 Å². The van der Waals surface area contributed by atoms with Crippen molar-refractivity contribution in [2.75, 3.05) is 0 Å². The molecule has 0 amide bonds. The van der Waals surface area contributed by atoms with E-state index in [1.807, 2.05) is 0 Å². The Balaban J connectivity index is 3.68. The third-order valence-electron chi connectivity index (χ3n) is 8.86. The molecule has 0 radical (unpaired) electrons. The molecule has 0 fully saturated rings. The van der Waals surface area contributed by atoms with Gasteiger partial charge >= 0.3 is 0 Å². The zero-order chi connectivity index (χ0) is 30.4. The molecule has 0 bridgehead atoms. The van der Waals surface area contributed by atoms with Crippen LogP contribution in [0.4, 0.5) is 0 Å². The molecule has 5 N–H and O–H groups in total. The molecule has 0 rings (SSSR count). The summed E-state index contributed by atoms with van der Waals surface area (Å²) in [4.78, 5) is 12.4. The summed E-state index contributed by atoms with van der Waals surface area (Å²) in [7, 11) is 0. The van der Waals surface area contributed by atoms with Gasteiger partial charge in [-0.15, -0.1) is 0 Å². The second kappa shape index (κ2) is 31.0. The average Bonchev–Trinajstić information content (AvgIpc) is 2.98. The minimum absolute atomic E-state index is 0.286. The highest BCUT2D eigenvalue weighted by molar-refractivity contribution is 5.83. The highest BCUT2D eigenvalue weighted by Crippen LogP contribution is 2.17. The quantitative estimate of drug-likeness (QED) is 0.0576. The highest BCUT2D eigenvalue weighted by atomic mass is 16.3. The Hall–Kier alpha value is -0.490. The fraction of sp³-hybridized carbons (Fsp3) is 0.972. The molecule has 0 aliphatic heterocycles. The smallest absolute Gasteiger partial charge is 0.162 e. The van der Waals surface area contributed by atoms with Crippen LogP contribution in [0.25, 0.3) is 0 Å². The Morgan fingerprint density at radius 1 is 0.488 bits per heavy atom. The molecule has 41 heavy (non-hydrogen) atoms. The van der Waals surface area contributed by atoms with Gasteiger partial charge in [-0.05, 0) is 12.8 Å². The third-order valence-corrected chi connectivity index (χ3v) is 8.86. The van der Waals surface area contributed by atoms with Crippen molar-refractivity contribution in [3.8, 4) is 0 Å². The number of ketones is 1. The van der Waals surface area contributed by atoms with Crippen molar-refractivity contribution in [3.05, 3.63) is 0 Å². The van der Waals surface area contributed by atoms with E-state index in [0.717, 1.165) is 38.5 Å². The largest absolute Gasteiger partial charge is 0.390 e. The van der Waals surface area contributed by atoms with Gasteiger partial charge in [-0.25, -0.2) is 0 Å². The number of carbonyl (C=O) groups excluding carboxylic acids is 1. The van der Waals surface area contributed by atoms with Gasteiger partial charge in [0.15, 0.2) is 5.78 Å². The van der Waals surface area contributed by atoms with Crippen LogP contribution in [-0.4, -0.2) is 45.5 Å². The van der Waals surface area contributed by atoms with Crippen LogP contribution in [0.3, 0.4) is 0 Å². The highest BCUT2D eigenvalue weighted by Gasteiger charge is 2.32. The SMILES string of the molecule is CCCCCCCCCCCCCCCCCC(=O)C(O)[C@@H](N)[C@@H](O)C(O)CCCCCCCCCCCCCC. The molecule has 0 spiro atoms. The summed E-state index contributed by atoms with van der Waals surface area (Å²) in [6.45, 7) is 4.52. The first kappa shape index (κ1) is 40.5. The molecule has 246 valence electrons. The Bertz CT molecular complexity index is 544. The van der Waals surface area contributed by atoms with Gasteiger partial charge in [0.25, 0.3) is 0 Å². The molecule has 2 unspecified atom stereocenters. The first-order valence-corrected chi connectivity index (χ1v) is 18.3. The van der Waals surface area contributed by atoms with Gasteiger partial charge in [0, 0.05) is 6.42 Å². The summed E-state index contributed by atoms with van der Waals surface area (Å²) in [5.74, 6) is -0.316. The summed E-state index contributed by atoms with van der Waals surface area (Å²) in [6, 6.07) is -1.13. The topological polar surface area (TPSA) is 104 Å². The fourth-order valence-corrected chi connectivity index (χ4v) is 5.84. The van der Waals surface area contributed by atoms with Crippen molar-refractivity contribution >= 4 is 5.78 Å². The molecule has 0 saturated carbocycles. The van der Waals surface area contributed by atoms with Gasteiger partial charge in [0.1, 0.15) is 6.10 Å². The number of Topliss-reactive ketones (excluding diaryl/α,β-unsaturated/α-hetero) is 1. The number of carbonyl (C=O) groups is 1. The van der Waals surface area contributed by atoms with E-state index >= 15 is 0 Å². The van der Waals surface area contributed by atoms with Crippen molar-refractivity contribution in [1.82, 2.24) is 0 Å². The fourth-order valence-electron chi connectivity index (χ4n) is 5.84. The Morgan fingerprint density at radius 3 is 1.12 bits per heavy atom. The van der Waals surface area contributed by atoms with E-state index in [0.29, 0.717) is 6.42 Å². The van der Waals surface area contributed by atoms with Gasteiger partial charge in [0.2, 0.25) is 0 Å². The first-order chi connectivity index (χ1) is 20.0. The van der Waals surface area contributed by atoms with E-state index in [2.05, 4.69) is 13.8 Å². The number of aliphatic hydroxyl groups excluding tert-OH is 3. The van der Waals surface area contributed by atoms with E-state index in [1.165, 1.54) is 135 Å². The lowest BCUT2D eigenvalue weighted by atomic mass is 9.93. The van der Waals surface area contributed by atoms with Crippen molar-refractivity contribution in [2.24, 2.45) is 5.73 Å². The maximum absolute atomic E-state index is 12.4. The Labute approximate surface area is 255 Å². The molecular formula is C36H73NO4. The predicted molar refractivity (Wildman–Crippen MR) is 176 cm³/mol. The normalized spacial score (nSPS) is 14.7. The molecule has 0 aromatic rings. The van der Waals surface area contributed by atoms with Crippen molar-refractivity contribution in [1.29, 1.82) is 0 Å². The molecule has 0 aliphatic rings. The van der Waals surface area contributed by atoms with E-state index in [-0.39, 0.29) is 12.2 Å². The first-order valence-electron chi connectivity index (χ1n) is 18.3. The molecular weight excluding hydrogens is 510 g/mol. The van der Waals surface area contributed by atoms with Gasteiger partial charge in [-0.2, -0.15) is 0 Å². The molecule has 0 aliphatic carbocycles. The lowest BCUT2D eigenvalue weighted by molar-refractivity contribution is -0.131. The second-order valence-electron chi connectivity index (χ2n) is 12.9. The zero-order valence-electron chi connectivity index (χ0n) is 27.6. The standard InChI is InChI=1S/C36H73NO4/c1-3-5-7-9-11-13-15-17-18-19-21-23-25-27-29-31-33(39)36(41)34(37)35(40)32(38)30-28-26-24-22-20-16-14-12-10-8-6-4-2/h32,34-36,38,40-41H,3-31,37H2,1-2H3/t32?,34-,35-,36?/m0/s1. The molecule has 5 heteroatoms. The lowest BCUT2D eigenvalue weighted by Gasteiger charge is -2.27. The summed E-state index contributed by atoms with van der Waals surface area (Å²) >= 11 is 0. The minimum atomic E-state index is -1.41. The van der Waals surface area contributed by atoms with Crippen LogP contribution in [0, 0.1) is 0 Å². The van der Waals surface area contributed by atoms with Gasteiger partial charge in [-0.3, -0.25) is 4.79 Å². The summed E-state index contributed by atoms with van der Waals surface area (Å²) < 4.78 is 0. The molecule has 0 aromatic heterocycles. The summed E-state index contributed by atoms with van der Waals surface area (Å²) in [5, 5.41) is 31.1. The number of hydrogen-bond donors (Lipinski definition) is 4. The second-order valence-corrected chi connectivity index (χ2v) is 12.9. The molecule has 0 heterocycles. The van der Waals surface area contributed by atoms with Gasteiger partial charge < -0.3 is 21.1 Å². The molecule has 5 nitrogen and oxygen atoms in total. The summed E-state index contributed by atoms with van der Waals surface area (Å²) in [6.07, 6.45) is 31.0. The monoisotopic (exact) mass is 584 g/mol. The number of unbranched alkanes of at least 4 members (excludes halogenated alkanes) is 25. The van der Waals surface area contributed by atoms with E-state index in [9.17, 15) is 20.1 Å². The van der Waals surface area contributed by atoms with Crippen LogP contribution in [0.5, 0.6) is 0 Å². The summed E-state index contributed by atoms with van der Waals surface area (Å²) in [5.41, 5.74) is 5.97. The van der Waals surface area contributed by atoms with Crippen molar-refractivity contribution in [2.45, 2.75) is 224 Å². The molecule has 4 atom stereocenters. The van der Waals surface area contributed by atoms with Crippen LogP contribution in [0.1, 0.15) is 200 Å². The Morgan fingerprint density at radius 2 is 0.780 bits per heavy atom. The van der Waals surface area contributed by atoms with Crippen LogP contribution in [0.2, 0.25) is 0 Å². The average molecular weight is 584 g/mol. The van der Waals surface area contributed by atoms with Crippen molar-refractivity contribution < 1.29 is 20.1 Å². The molecule has 0 aromatic carbocycles. The number of rotatable bonds is 33. The maximum atomic E-state index is 12.4. The van der Waals surface area contributed by atoms with Crippen LogP contribution in [0.15, 0.2) is 0 Å². The number of aliphatic hydroxyl groups is 3. The third kappa shape index (κ3) is 25.7.